The number of phosphoric ester groups is 1. The third-order valence-electron chi connectivity index (χ3n) is 13.7. The largest absolute Gasteiger partial charge is 0.472 e. The Hall–Kier alpha value is -2.03. The average molecular weight is 1050 g/mol. The molecule has 428 valence electrons. The fourth-order valence-corrected chi connectivity index (χ4v) is 9.93. The number of unbranched alkanes of at least 4 members (excludes halogenated alkanes) is 38. The Kier molecular flexibility index (Phi) is 57.6. The highest BCUT2D eigenvalue weighted by Crippen LogP contribution is 2.43. The van der Waals surface area contributed by atoms with Gasteiger partial charge in [0.1, 0.15) is 6.61 Å². The van der Waals surface area contributed by atoms with E-state index < -0.39 is 26.5 Å². The lowest BCUT2D eigenvalue weighted by Gasteiger charge is -2.19. The van der Waals surface area contributed by atoms with Crippen molar-refractivity contribution in [3.05, 3.63) is 48.6 Å². The standard InChI is InChI=1S/C63H118NO8P/c1-3-5-7-9-11-13-15-17-19-21-22-23-24-25-26-27-28-29-30-31-32-33-34-35-36-37-38-40-42-44-46-48-50-52-54-56-63(66)72-61(60-71-73(67,68)70-58-57-64)59-69-62(65)55-53-51-49-47-45-43-41-39-20-18-16-14-12-10-8-6-4-2/h5,7,11,13,17,19,22-23,61H,3-4,6,8-10,12,14-16,18,20-21,24-60,64H2,1-2H3,(H,67,68)/b7-5-,13-11-,19-17-,23-22-. The molecule has 0 aromatic rings. The van der Waals surface area contributed by atoms with Crippen LogP contribution in [0.25, 0.3) is 0 Å². The molecule has 10 heteroatoms. The summed E-state index contributed by atoms with van der Waals surface area (Å²) in [7, 11) is -4.38. The monoisotopic (exact) mass is 1050 g/mol. The van der Waals surface area contributed by atoms with Crippen molar-refractivity contribution < 1.29 is 37.6 Å². The van der Waals surface area contributed by atoms with Crippen molar-refractivity contribution in [1.29, 1.82) is 0 Å². The maximum absolute atomic E-state index is 12.7. The molecule has 0 aliphatic heterocycles. The van der Waals surface area contributed by atoms with Crippen LogP contribution in [0.15, 0.2) is 48.6 Å². The van der Waals surface area contributed by atoms with E-state index in [1.807, 2.05) is 0 Å². The highest BCUT2D eigenvalue weighted by molar-refractivity contribution is 7.47. The third-order valence-corrected chi connectivity index (χ3v) is 14.7. The summed E-state index contributed by atoms with van der Waals surface area (Å²) in [5.74, 6) is -0.809. The minimum absolute atomic E-state index is 0.0559. The molecule has 73 heavy (non-hydrogen) atoms. The Morgan fingerprint density at radius 2 is 0.753 bits per heavy atom. The van der Waals surface area contributed by atoms with Gasteiger partial charge in [-0.3, -0.25) is 18.6 Å². The normalized spacial score (nSPS) is 13.3. The smallest absolute Gasteiger partial charge is 0.462 e. The summed E-state index contributed by atoms with van der Waals surface area (Å²) in [6, 6.07) is 0. The van der Waals surface area contributed by atoms with Crippen molar-refractivity contribution in [3.8, 4) is 0 Å². The Bertz CT molecular complexity index is 1330. The van der Waals surface area contributed by atoms with Crippen molar-refractivity contribution in [1.82, 2.24) is 0 Å². The number of carbonyl (C=O) groups is 2. The molecule has 0 saturated heterocycles. The molecule has 0 amide bonds. The Labute approximate surface area is 451 Å². The molecule has 0 radical (unpaired) electrons. The molecule has 0 saturated carbocycles. The van der Waals surface area contributed by atoms with Crippen LogP contribution in [0, 0.1) is 0 Å². The summed E-state index contributed by atoms with van der Waals surface area (Å²) in [6.45, 7) is 3.69. The van der Waals surface area contributed by atoms with E-state index in [1.54, 1.807) is 0 Å². The molecule has 0 aliphatic carbocycles. The molecule has 0 bridgehead atoms. The number of rotatable bonds is 59. The summed E-state index contributed by atoms with van der Waals surface area (Å²) in [5, 5.41) is 0. The van der Waals surface area contributed by atoms with Crippen LogP contribution in [0.3, 0.4) is 0 Å². The number of allylic oxidation sites excluding steroid dienone is 8. The van der Waals surface area contributed by atoms with Crippen LogP contribution in [0.4, 0.5) is 0 Å². The Morgan fingerprint density at radius 1 is 0.425 bits per heavy atom. The third kappa shape index (κ3) is 59.1. The predicted molar refractivity (Wildman–Crippen MR) is 312 cm³/mol. The SMILES string of the molecule is CC/C=C\C/C=C\C/C=C\C/C=C\CCCCCCCCCCCCCCCCCCCCCCCCC(=O)OC(COC(=O)CCCCCCCCCCCCCCCCCCC)COP(=O)(O)OCCN. The summed E-state index contributed by atoms with van der Waals surface area (Å²) < 4.78 is 33.1. The Morgan fingerprint density at radius 3 is 1.12 bits per heavy atom. The zero-order valence-corrected chi connectivity index (χ0v) is 48.8. The number of ether oxygens (including phenoxy) is 2. The van der Waals surface area contributed by atoms with Crippen LogP contribution in [0.1, 0.15) is 309 Å². The van der Waals surface area contributed by atoms with Gasteiger partial charge in [0, 0.05) is 19.4 Å². The zero-order chi connectivity index (χ0) is 53.1. The highest BCUT2D eigenvalue weighted by Gasteiger charge is 2.26. The molecule has 0 fully saturated rings. The molecule has 0 aliphatic rings. The van der Waals surface area contributed by atoms with E-state index in [2.05, 4.69) is 62.5 Å². The second-order valence-corrected chi connectivity index (χ2v) is 22.4. The van der Waals surface area contributed by atoms with E-state index >= 15 is 0 Å². The lowest BCUT2D eigenvalue weighted by Crippen LogP contribution is -2.29. The number of nitrogens with two attached hydrogens (primary N) is 1. The quantitative estimate of drug-likeness (QED) is 0.0264. The van der Waals surface area contributed by atoms with Gasteiger partial charge in [-0.15, -0.1) is 0 Å². The van der Waals surface area contributed by atoms with Gasteiger partial charge < -0.3 is 20.1 Å². The van der Waals surface area contributed by atoms with Crippen LogP contribution in [-0.4, -0.2) is 49.3 Å². The van der Waals surface area contributed by atoms with E-state index in [-0.39, 0.29) is 38.6 Å². The van der Waals surface area contributed by atoms with Crippen molar-refractivity contribution in [2.45, 2.75) is 315 Å². The van der Waals surface area contributed by atoms with Gasteiger partial charge in [-0.25, -0.2) is 4.57 Å². The van der Waals surface area contributed by atoms with Crippen molar-refractivity contribution in [2.75, 3.05) is 26.4 Å². The van der Waals surface area contributed by atoms with Crippen LogP contribution in [0.2, 0.25) is 0 Å². The van der Waals surface area contributed by atoms with Crippen LogP contribution < -0.4 is 5.73 Å². The van der Waals surface area contributed by atoms with Gasteiger partial charge >= 0.3 is 19.8 Å². The van der Waals surface area contributed by atoms with Crippen LogP contribution in [0.5, 0.6) is 0 Å². The first-order valence-electron chi connectivity index (χ1n) is 31.1. The van der Waals surface area contributed by atoms with Crippen molar-refractivity contribution in [2.24, 2.45) is 5.73 Å². The topological polar surface area (TPSA) is 134 Å². The van der Waals surface area contributed by atoms with Crippen molar-refractivity contribution in [3.63, 3.8) is 0 Å². The lowest BCUT2D eigenvalue weighted by atomic mass is 10.0. The van der Waals surface area contributed by atoms with Crippen LogP contribution in [-0.2, 0) is 32.7 Å². The molecule has 0 spiro atoms. The van der Waals surface area contributed by atoms with E-state index in [0.717, 1.165) is 57.8 Å². The summed E-state index contributed by atoms with van der Waals surface area (Å²) >= 11 is 0. The molecule has 3 N–H and O–H groups in total. The first kappa shape index (κ1) is 71.0. The molecule has 2 atom stereocenters. The molecule has 0 aromatic heterocycles. The molecule has 0 aromatic carbocycles. The molecule has 9 nitrogen and oxygen atoms in total. The molecular formula is C63H118NO8P. The first-order valence-corrected chi connectivity index (χ1v) is 32.6. The van der Waals surface area contributed by atoms with Gasteiger partial charge in [-0.2, -0.15) is 0 Å². The van der Waals surface area contributed by atoms with E-state index in [9.17, 15) is 19.0 Å². The van der Waals surface area contributed by atoms with Gasteiger partial charge in [0.05, 0.1) is 13.2 Å². The van der Waals surface area contributed by atoms with Gasteiger partial charge in [0.25, 0.3) is 0 Å². The second kappa shape index (κ2) is 59.2. The number of esters is 2. The van der Waals surface area contributed by atoms with Crippen LogP contribution >= 0.6 is 7.82 Å². The van der Waals surface area contributed by atoms with Crippen molar-refractivity contribution >= 4 is 19.8 Å². The molecule has 0 rings (SSSR count). The second-order valence-electron chi connectivity index (χ2n) is 20.9. The number of hydrogen-bond donors (Lipinski definition) is 2. The fourth-order valence-electron chi connectivity index (χ4n) is 9.16. The van der Waals surface area contributed by atoms with Gasteiger partial charge in [-0.05, 0) is 51.4 Å². The summed E-state index contributed by atoms with van der Waals surface area (Å²) in [6.07, 6.45) is 73.3. The maximum Gasteiger partial charge on any atom is 0.472 e. The summed E-state index contributed by atoms with van der Waals surface area (Å²) in [4.78, 5) is 35.2. The minimum Gasteiger partial charge on any atom is -0.462 e. The first-order chi connectivity index (χ1) is 35.8. The summed E-state index contributed by atoms with van der Waals surface area (Å²) in [5.41, 5.74) is 5.39. The number of carbonyl (C=O) groups excluding carboxylic acids is 2. The number of phosphoric acid groups is 1. The van der Waals surface area contributed by atoms with E-state index in [1.165, 1.54) is 218 Å². The predicted octanol–water partition coefficient (Wildman–Crippen LogP) is 19.7. The molecule has 0 heterocycles. The molecule has 2 unspecified atom stereocenters. The average Bonchev–Trinajstić information content (AvgIpc) is 3.38. The number of hydrogen-bond acceptors (Lipinski definition) is 8. The zero-order valence-electron chi connectivity index (χ0n) is 47.9. The lowest BCUT2D eigenvalue weighted by molar-refractivity contribution is -0.161. The van der Waals surface area contributed by atoms with Gasteiger partial charge in [-0.1, -0.05) is 294 Å². The Balaban J connectivity index is 3.82. The highest BCUT2D eigenvalue weighted by atomic mass is 31.2. The van der Waals surface area contributed by atoms with Gasteiger partial charge in [0.15, 0.2) is 6.10 Å². The van der Waals surface area contributed by atoms with E-state index in [0.29, 0.717) is 6.42 Å². The molecular weight excluding hydrogens is 930 g/mol. The van der Waals surface area contributed by atoms with Gasteiger partial charge in [0.2, 0.25) is 0 Å². The minimum atomic E-state index is -4.38. The fraction of sp³-hybridized carbons (Fsp3) is 0.841. The van der Waals surface area contributed by atoms with E-state index in [4.69, 9.17) is 24.3 Å². The maximum atomic E-state index is 12.7.